The Bertz CT molecular complexity index is 213. The highest BCUT2D eigenvalue weighted by atomic mass is 32.2. The SMILES string of the molecule is CSCC[C@@H](N)C(=O)NCCNC(N)=O. The van der Waals surface area contributed by atoms with Gasteiger partial charge < -0.3 is 22.1 Å². The molecular weight excluding hydrogens is 216 g/mol. The fourth-order valence-electron chi connectivity index (χ4n) is 0.878. The molecule has 0 aliphatic carbocycles. The van der Waals surface area contributed by atoms with Gasteiger partial charge in [0.1, 0.15) is 0 Å². The molecule has 0 saturated heterocycles. The molecule has 0 fully saturated rings. The van der Waals surface area contributed by atoms with E-state index in [-0.39, 0.29) is 5.91 Å². The molecule has 6 nitrogen and oxygen atoms in total. The number of carbonyl (C=O) groups is 2. The van der Waals surface area contributed by atoms with Gasteiger partial charge in [-0.05, 0) is 18.4 Å². The molecule has 88 valence electrons. The molecule has 0 radical (unpaired) electrons. The summed E-state index contributed by atoms with van der Waals surface area (Å²) in [4.78, 5) is 21.6. The van der Waals surface area contributed by atoms with Crippen LogP contribution in [0, 0.1) is 0 Å². The molecule has 0 bridgehead atoms. The minimum absolute atomic E-state index is 0.199. The molecule has 6 N–H and O–H groups in total. The Labute approximate surface area is 93.5 Å². The van der Waals surface area contributed by atoms with Crippen LogP contribution in [0.5, 0.6) is 0 Å². The predicted molar refractivity (Wildman–Crippen MR) is 61.6 cm³/mol. The fraction of sp³-hybridized carbons (Fsp3) is 0.750. The molecule has 0 unspecified atom stereocenters. The molecule has 0 heterocycles. The maximum absolute atomic E-state index is 11.3. The first kappa shape index (κ1) is 14.1. The van der Waals surface area contributed by atoms with Crippen LogP contribution in [0.3, 0.4) is 0 Å². The fourth-order valence-corrected chi connectivity index (χ4v) is 1.37. The summed E-state index contributed by atoms with van der Waals surface area (Å²) in [5.74, 6) is 0.657. The summed E-state index contributed by atoms with van der Waals surface area (Å²) in [7, 11) is 0. The van der Waals surface area contributed by atoms with Crippen LogP contribution in [0.25, 0.3) is 0 Å². The van der Waals surface area contributed by atoms with Crippen LogP contribution in [-0.4, -0.2) is 43.1 Å². The molecule has 3 amide bonds. The normalized spacial score (nSPS) is 11.9. The first-order valence-corrected chi connectivity index (χ1v) is 6.03. The van der Waals surface area contributed by atoms with Crippen LogP contribution in [0.4, 0.5) is 4.79 Å². The summed E-state index contributed by atoms with van der Waals surface area (Å²) in [5.41, 5.74) is 10.5. The van der Waals surface area contributed by atoms with Crippen molar-refractivity contribution in [2.75, 3.05) is 25.1 Å². The number of rotatable bonds is 7. The van der Waals surface area contributed by atoms with Crippen molar-refractivity contribution in [2.45, 2.75) is 12.5 Å². The lowest BCUT2D eigenvalue weighted by atomic mass is 10.2. The maximum atomic E-state index is 11.3. The molecule has 0 aromatic heterocycles. The van der Waals surface area contributed by atoms with E-state index in [1.165, 1.54) is 0 Å². The average Bonchev–Trinajstić information content (AvgIpc) is 2.20. The molecule has 0 rings (SSSR count). The van der Waals surface area contributed by atoms with Crippen LogP contribution in [0.1, 0.15) is 6.42 Å². The van der Waals surface area contributed by atoms with Crippen molar-refractivity contribution in [1.29, 1.82) is 0 Å². The van der Waals surface area contributed by atoms with E-state index >= 15 is 0 Å². The number of nitrogens with two attached hydrogens (primary N) is 2. The van der Waals surface area contributed by atoms with E-state index in [0.717, 1.165) is 5.75 Å². The van der Waals surface area contributed by atoms with Gasteiger partial charge in [-0.3, -0.25) is 4.79 Å². The van der Waals surface area contributed by atoms with Gasteiger partial charge in [0.15, 0.2) is 0 Å². The standard InChI is InChI=1S/C8H18N4O2S/c1-15-5-2-6(9)7(13)11-3-4-12-8(10)14/h6H,2-5,9H2,1H3,(H,11,13)(H3,10,12,14)/t6-/m1/s1. The Hall–Kier alpha value is -0.950. The Morgan fingerprint density at radius 1 is 1.33 bits per heavy atom. The molecule has 1 atom stereocenters. The molecule has 0 aromatic carbocycles. The van der Waals surface area contributed by atoms with Crippen LogP contribution in [-0.2, 0) is 4.79 Å². The molecule has 15 heavy (non-hydrogen) atoms. The second kappa shape index (κ2) is 8.37. The Morgan fingerprint density at radius 2 is 1.93 bits per heavy atom. The second-order valence-corrected chi connectivity index (χ2v) is 3.96. The zero-order valence-corrected chi connectivity index (χ0v) is 9.60. The van der Waals surface area contributed by atoms with E-state index in [9.17, 15) is 9.59 Å². The highest BCUT2D eigenvalue weighted by Gasteiger charge is 2.11. The predicted octanol–water partition coefficient (Wildman–Crippen LogP) is -1.15. The van der Waals surface area contributed by atoms with Crippen LogP contribution < -0.4 is 22.1 Å². The van der Waals surface area contributed by atoms with Gasteiger partial charge in [0.05, 0.1) is 6.04 Å². The van der Waals surface area contributed by atoms with E-state index in [2.05, 4.69) is 10.6 Å². The lowest BCUT2D eigenvalue weighted by molar-refractivity contribution is -0.122. The van der Waals surface area contributed by atoms with E-state index in [4.69, 9.17) is 11.5 Å². The van der Waals surface area contributed by atoms with E-state index < -0.39 is 12.1 Å². The van der Waals surface area contributed by atoms with Gasteiger partial charge in [-0.1, -0.05) is 0 Å². The van der Waals surface area contributed by atoms with Crippen LogP contribution >= 0.6 is 11.8 Å². The van der Waals surface area contributed by atoms with Crippen molar-refractivity contribution in [2.24, 2.45) is 11.5 Å². The third kappa shape index (κ3) is 8.07. The Balaban J connectivity index is 3.51. The number of thioether (sulfide) groups is 1. The highest BCUT2D eigenvalue weighted by molar-refractivity contribution is 7.98. The number of nitrogens with one attached hydrogen (secondary N) is 2. The number of hydrogen-bond acceptors (Lipinski definition) is 4. The molecular formula is C8H18N4O2S. The maximum Gasteiger partial charge on any atom is 0.312 e. The summed E-state index contributed by atoms with van der Waals surface area (Å²) >= 11 is 1.65. The molecule has 0 saturated carbocycles. The van der Waals surface area contributed by atoms with Crippen molar-refractivity contribution >= 4 is 23.7 Å². The molecule has 0 aromatic rings. The third-order valence-corrected chi connectivity index (χ3v) is 2.34. The Kier molecular flexibility index (Phi) is 7.84. The molecule has 0 aliphatic rings. The molecule has 0 aliphatic heterocycles. The van der Waals surface area contributed by atoms with Gasteiger partial charge in [0.25, 0.3) is 0 Å². The number of urea groups is 1. The van der Waals surface area contributed by atoms with Crippen LogP contribution in [0.15, 0.2) is 0 Å². The monoisotopic (exact) mass is 234 g/mol. The number of primary amides is 1. The number of amides is 3. The van der Waals surface area contributed by atoms with Crippen LogP contribution in [0.2, 0.25) is 0 Å². The number of carbonyl (C=O) groups excluding carboxylic acids is 2. The van der Waals surface area contributed by atoms with E-state index in [0.29, 0.717) is 19.5 Å². The zero-order chi connectivity index (χ0) is 11.7. The lowest BCUT2D eigenvalue weighted by Crippen LogP contribution is -2.44. The molecule has 7 heteroatoms. The first-order valence-electron chi connectivity index (χ1n) is 4.63. The Morgan fingerprint density at radius 3 is 2.47 bits per heavy atom. The molecule has 0 spiro atoms. The van der Waals surface area contributed by atoms with E-state index in [1.807, 2.05) is 6.26 Å². The van der Waals surface area contributed by atoms with Gasteiger partial charge in [0.2, 0.25) is 5.91 Å². The van der Waals surface area contributed by atoms with E-state index in [1.54, 1.807) is 11.8 Å². The van der Waals surface area contributed by atoms with Gasteiger partial charge in [-0.2, -0.15) is 11.8 Å². The average molecular weight is 234 g/mol. The van der Waals surface area contributed by atoms with Crippen molar-refractivity contribution in [1.82, 2.24) is 10.6 Å². The van der Waals surface area contributed by atoms with Crippen molar-refractivity contribution in [3.63, 3.8) is 0 Å². The topological polar surface area (TPSA) is 110 Å². The number of hydrogen-bond donors (Lipinski definition) is 4. The quantitative estimate of drug-likeness (QED) is 0.417. The third-order valence-electron chi connectivity index (χ3n) is 1.69. The summed E-state index contributed by atoms with van der Waals surface area (Å²) in [6.07, 6.45) is 2.61. The van der Waals surface area contributed by atoms with Gasteiger partial charge in [0, 0.05) is 13.1 Å². The largest absolute Gasteiger partial charge is 0.353 e. The lowest BCUT2D eigenvalue weighted by Gasteiger charge is -2.11. The zero-order valence-electron chi connectivity index (χ0n) is 8.79. The van der Waals surface area contributed by atoms with Crippen molar-refractivity contribution in [3.05, 3.63) is 0 Å². The highest BCUT2D eigenvalue weighted by Crippen LogP contribution is 1.98. The van der Waals surface area contributed by atoms with Gasteiger partial charge in [-0.15, -0.1) is 0 Å². The smallest absolute Gasteiger partial charge is 0.312 e. The minimum atomic E-state index is -0.601. The summed E-state index contributed by atoms with van der Waals surface area (Å²) in [6.45, 7) is 0.658. The summed E-state index contributed by atoms with van der Waals surface area (Å²) in [6, 6.07) is -1.08. The van der Waals surface area contributed by atoms with Gasteiger partial charge in [-0.25, -0.2) is 4.79 Å². The van der Waals surface area contributed by atoms with Crippen molar-refractivity contribution < 1.29 is 9.59 Å². The van der Waals surface area contributed by atoms with Crippen molar-refractivity contribution in [3.8, 4) is 0 Å². The summed E-state index contributed by atoms with van der Waals surface area (Å²) in [5, 5.41) is 4.97. The second-order valence-electron chi connectivity index (χ2n) is 2.97. The summed E-state index contributed by atoms with van der Waals surface area (Å²) < 4.78 is 0. The first-order chi connectivity index (χ1) is 7.07. The van der Waals surface area contributed by atoms with Gasteiger partial charge >= 0.3 is 6.03 Å². The minimum Gasteiger partial charge on any atom is -0.353 e.